The molecule has 0 unspecified atom stereocenters. The highest BCUT2D eigenvalue weighted by molar-refractivity contribution is 9.11. The highest BCUT2D eigenvalue weighted by Crippen LogP contribution is 2.33. The van der Waals surface area contributed by atoms with Gasteiger partial charge in [0.2, 0.25) is 0 Å². The van der Waals surface area contributed by atoms with Crippen LogP contribution in [0, 0.1) is 0 Å². The van der Waals surface area contributed by atoms with Crippen molar-refractivity contribution in [2.45, 2.75) is 39.7 Å². The normalized spacial score (nSPS) is 10.6. The second-order valence-corrected chi connectivity index (χ2v) is 6.46. The van der Waals surface area contributed by atoms with E-state index in [1.165, 1.54) is 6.92 Å². The lowest BCUT2D eigenvalue weighted by atomic mass is 10.1. The van der Waals surface area contributed by atoms with Crippen molar-refractivity contribution >= 4 is 43.6 Å². The van der Waals surface area contributed by atoms with Crippen molar-refractivity contribution in [3.05, 3.63) is 26.6 Å². The van der Waals surface area contributed by atoms with E-state index in [2.05, 4.69) is 37.2 Å². The van der Waals surface area contributed by atoms with Crippen molar-refractivity contribution in [3.8, 4) is 5.75 Å². The first-order valence-electron chi connectivity index (χ1n) is 6.81. The Balaban J connectivity index is 2.80. The minimum Gasteiger partial charge on any atom is -0.482 e. The van der Waals surface area contributed by atoms with Gasteiger partial charge in [-0.1, -0.05) is 29.8 Å². The summed E-state index contributed by atoms with van der Waals surface area (Å²) in [7, 11) is 0. The van der Waals surface area contributed by atoms with Crippen LogP contribution in [0.2, 0.25) is 0 Å². The standard InChI is InChI=1S/C15H19Br2NO3/c1-4-11(5-2)18-14(20)8-21-15-12(9(3)19)6-10(16)7-13(15)17/h6-7,11H,4-5,8H2,1-3H3,(H,18,20). The maximum absolute atomic E-state index is 11.9. The zero-order valence-electron chi connectivity index (χ0n) is 12.3. The maximum Gasteiger partial charge on any atom is 0.258 e. The number of carbonyl (C=O) groups excluding carboxylic acids is 2. The number of halogens is 2. The number of amides is 1. The summed E-state index contributed by atoms with van der Waals surface area (Å²) in [6.45, 7) is 5.39. The number of benzene rings is 1. The molecule has 1 N–H and O–H groups in total. The SMILES string of the molecule is CCC(CC)NC(=O)COc1c(Br)cc(Br)cc1C(C)=O. The molecule has 0 atom stereocenters. The number of rotatable bonds is 7. The fraction of sp³-hybridized carbons (Fsp3) is 0.467. The summed E-state index contributed by atoms with van der Waals surface area (Å²) >= 11 is 6.69. The first-order chi connectivity index (χ1) is 9.88. The number of carbonyl (C=O) groups is 2. The summed E-state index contributed by atoms with van der Waals surface area (Å²) in [5.41, 5.74) is 0.437. The first kappa shape index (κ1) is 18.2. The van der Waals surface area contributed by atoms with Gasteiger partial charge < -0.3 is 10.1 Å². The molecule has 4 nitrogen and oxygen atoms in total. The van der Waals surface area contributed by atoms with Gasteiger partial charge in [-0.2, -0.15) is 0 Å². The van der Waals surface area contributed by atoms with E-state index in [1.54, 1.807) is 12.1 Å². The molecular formula is C15H19Br2NO3. The zero-order valence-corrected chi connectivity index (χ0v) is 15.5. The lowest BCUT2D eigenvalue weighted by Crippen LogP contribution is -2.37. The van der Waals surface area contributed by atoms with E-state index >= 15 is 0 Å². The van der Waals surface area contributed by atoms with Crippen LogP contribution in [0.15, 0.2) is 21.1 Å². The van der Waals surface area contributed by atoms with Crippen molar-refractivity contribution < 1.29 is 14.3 Å². The van der Waals surface area contributed by atoms with Crippen molar-refractivity contribution in [1.29, 1.82) is 0 Å². The minimum atomic E-state index is -0.187. The average molecular weight is 421 g/mol. The fourth-order valence-electron chi connectivity index (χ4n) is 1.87. The van der Waals surface area contributed by atoms with Crippen LogP contribution >= 0.6 is 31.9 Å². The summed E-state index contributed by atoms with van der Waals surface area (Å²) in [6, 6.07) is 3.61. The lowest BCUT2D eigenvalue weighted by Gasteiger charge is -2.16. The van der Waals surface area contributed by atoms with Crippen LogP contribution in [0.1, 0.15) is 44.0 Å². The molecule has 0 aromatic heterocycles. The quantitative estimate of drug-likeness (QED) is 0.675. The van der Waals surface area contributed by atoms with E-state index in [9.17, 15) is 9.59 Å². The summed E-state index contributed by atoms with van der Waals surface area (Å²) in [5.74, 6) is 0.0887. The van der Waals surface area contributed by atoms with Gasteiger partial charge in [0.1, 0.15) is 5.75 Å². The van der Waals surface area contributed by atoms with E-state index in [-0.39, 0.29) is 24.3 Å². The van der Waals surface area contributed by atoms with E-state index in [1.807, 2.05) is 13.8 Å². The molecule has 1 amide bonds. The molecule has 0 saturated heterocycles. The van der Waals surface area contributed by atoms with Gasteiger partial charge in [0.05, 0.1) is 10.0 Å². The second kappa shape index (κ2) is 8.54. The van der Waals surface area contributed by atoms with E-state index in [0.717, 1.165) is 17.3 Å². The molecule has 0 saturated carbocycles. The number of ether oxygens (including phenoxy) is 1. The second-order valence-electron chi connectivity index (χ2n) is 4.69. The van der Waals surface area contributed by atoms with Gasteiger partial charge in [-0.15, -0.1) is 0 Å². The van der Waals surface area contributed by atoms with Crippen LogP contribution in [0.5, 0.6) is 5.75 Å². The molecule has 0 radical (unpaired) electrons. The smallest absolute Gasteiger partial charge is 0.258 e. The Morgan fingerprint density at radius 2 is 1.86 bits per heavy atom. The molecule has 0 spiro atoms. The molecule has 0 aliphatic rings. The molecule has 0 aliphatic heterocycles. The van der Waals surface area contributed by atoms with E-state index < -0.39 is 0 Å². The molecule has 0 heterocycles. The Kier molecular flexibility index (Phi) is 7.39. The Labute approximate surface area is 141 Å². The van der Waals surface area contributed by atoms with Gasteiger partial charge >= 0.3 is 0 Å². The van der Waals surface area contributed by atoms with Crippen LogP contribution in [0.3, 0.4) is 0 Å². The number of hydrogen-bond donors (Lipinski definition) is 1. The van der Waals surface area contributed by atoms with Gasteiger partial charge in [-0.3, -0.25) is 9.59 Å². The summed E-state index contributed by atoms with van der Waals surface area (Å²) in [6.07, 6.45) is 1.76. The Bertz CT molecular complexity index is 528. The molecule has 1 aromatic carbocycles. The number of ketones is 1. The van der Waals surface area contributed by atoms with Crippen molar-refractivity contribution in [3.63, 3.8) is 0 Å². The van der Waals surface area contributed by atoms with Gasteiger partial charge in [-0.25, -0.2) is 0 Å². The van der Waals surface area contributed by atoms with Crippen molar-refractivity contribution in [2.24, 2.45) is 0 Å². The van der Waals surface area contributed by atoms with Gasteiger partial charge in [0, 0.05) is 10.5 Å². The maximum atomic E-state index is 11.9. The largest absolute Gasteiger partial charge is 0.482 e. The van der Waals surface area contributed by atoms with Crippen molar-refractivity contribution in [2.75, 3.05) is 6.61 Å². The predicted octanol–water partition coefficient (Wildman–Crippen LogP) is 4.10. The summed E-state index contributed by atoms with van der Waals surface area (Å²) in [4.78, 5) is 23.5. The molecule has 6 heteroatoms. The predicted molar refractivity (Wildman–Crippen MR) is 89.9 cm³/mol. The molecule has 1 rings (SSSR count). The Morgan fingerprint density at radius 1 is 1.24 bits per heavy atom. The third kappa shape index (κ3) is 5.43. The minimum absolute atomic E-state index is 0.114. The average Bonchev–Trinajstić information content (AvgIpc) is 2.42. The highest BCUT2D eigenvalue weighted by atomic mass is 79.9. The van der Waals surface area contributed by atoms with Crippen LogP contribution < -0.4 is 10.1 Å². The highest BCUT2D eigenvalue weighted by Gasteiger charge is 2.16. The molecule has 116 valence electrons. The van der Waals surface area contributed by atoms with E-state index in [4.69, 9.17) is 4.74 Å². The van der Waals surface area contributed by atoms with Gasteiger partial charge in [0.15, 0.2) is 12.4 Å². The Morgan fingerprint density at radius 3 is 2.38 bits per heavy atom. The van der Waals surface area contributed by atoms with Crippen LogP contribution in [0.4, 0.5) is 0 Å². The third-order valence-electron chi connectivity index (χ3n) is 3.09. The van der Waals surface area contributed by atoms with E-state index in [0.29, 0.717) is 15.8 Å². The van der Waals surface area contributed by atoms with Crippen LogP contribution in [-0.2, 0) is 4.79 Å². The molecule has 0 aliphatic carbocycles. The molecular weight excluding hydrogens is 402 g/mol. The monoisotopic (exact) mass is 419 g/mol. The third-order valence-corrected chi connectivity index (χ3v) is 4.13. The van der Waals surface area contributed by atoms with Gasteiger partial charge in [0.25, 0.3) is 5.91 Å². The molecule has 0 fully saturated rings. The topological polar surface area (TPSA) is 55.4 Å². The van der Waals surface area contributed by atoms with Crippen molar-refractivity contribution in [1.82, 2.24) is 5.32 Å². The lowest BCUT2D eigenvalue weighted by molar-refractivity contribution is -0.123. The zero-order chi connectivity index (χ0) is 16.0. The summed E-state index contributed by atoms with van der Waals surface area (Å²) < 4.78 is 6.94. The first-order valence-corrected chi connectivity index (χ1v) is 8.39. The number of Topliss-reactive ketones (excluding diaryl/α,β-unsaturated/α-hetero) is 1. The number of nitrogens with one attached hydrogen (secondary N) is 1. The molecule has 1 aromatic rings. The Hall–Kier alpha value is -0.880. The van der Waals surface area contributed by atoms with Gasteiger partial charge in [-0.05, 0) is 47.8 Å². The number of hydrogen-bond acceptors (Lipinski definition) is 3. The molecule has 0 bridgehead atoms. The van der Waals surface area contributed by atoms with Crippen LogP contribution in [-0.4, -0.2) is 24.3 Å². The fourth-order valence-corrected chi connectivity index (χ4v) is 3.21. The van der Waals surface area contributed by atoms with Crippen LogP contribution in [0.25, 0.3) is 0 Å². The summed E-state index contributed by atoms with van der Waals surface area (Å²) in [5, 5.41) is 2.89. The molecule has 21 heavy (non-hydrogen) atoms.